The van der Waals surface area contributed by atoms with Crippen LogP contribution in [0.5, 0.6) is 0 Å². The molecule has 2 aromatic rings. The Morgan fingerprint density at radius 2 is 1.92 bits per heavy atom. The van der Waals surface area contributed by atoms with Crippen LogP contribution >= 0.6 is 11.6 Å². The Hall–Kier alpha value is -1.85. The Labute approximate surface area is 147 Å². The SMILES string of the molecule is CCn1ncc(C(=O)N2CCN(Cc3ccccc3Cl)CC2)c1C. The number of hydrogen-bond acceptors (Lipinski definition) is 3. The maximum absolute atomic E-state index is 12.7. The van der Waals surface area contributed by atoms with Gasteiger partial charge < -0.3 is 4.90 Å². The molecule has 3 rings (SSSR count). The van der Waals surface area contributed by atoms with Crippen LogP contribution in [0.1, 0.15) is 28.5 Å². The Morgan fingerprint density at radius 1 is 1.21 bits per heavy atom. The molecule has 1 saturated heterocycles. The molecule has 2 heterocycles. The van der Waals surface area contributed by atoms with Crippen molar-refractivity contribution in [3.8, 4) is 0 Å². The standard InChI is InChI=1S/C18H23ClN4O/c1-3-23-14(2)16(12-20-23)18(24)22-10-8-21(9-11-22)13-15-6-4-5-7-17(15)19/h4-7,12H,3,8-11,13H2,1-2H3. The summed E-state index contributed by atoms with van der Waals surface area (Å²) < 4.78 is 1.86. The number of amides is 1. The molecule has 5 nitrogen and oxygen atoms in total. The highest BCUT2D eigenvalue weighted by Crippen LogP contribution is 2.19. The quantitative estimate of drug-likeness (QED) is 0.854. The Balaban J connectivity index is 1.59. The summed E-state index contributed by atoms with van der Waals surface area (Å²) in [4.78, 5) is 17.0. The predicted molar refractivity (Wildman–Crippen MR) is 95.3 cm³/mol. The minimum atomic E-state index is 0.0876. The van der Waals surface area contributed by atoms with Gasteiger partial charge in [-0.15, -0.1) is 0 Å². The van der Waals surface area contributed by atoms with E-state index in [-0.39, 0.29) is 5.91 Å². The highest BCUT2D eigenvalue weighted by Gasteiger charge is 2.24. The molecule has 24 heavy (non-hydrogen) atoms. The molecule has 128 valence electrons. The number of carbonyl (C=O) groups is 1. The topological polar surface area (TPSA) is 41.4 Å². The fourth-order valence-corrected chi connectivity index (χ4v) is 3.32. The average molecular weight is 347 g/mol. The van der Waals surface area contributed by atoms with E-state index in [1.165, 1.54) is 0 Å². The van der Waals surface area contributed by atoms with Crippen LogP contribution in [-0.2, 0) is 13.1 Å². The van der Waals surface area contributed by atoms with Gasteiger partial charge in [-0.25, -0.2) is 0 Å². The highest BCUT2D eigenvalue weighted by atomic mass is 35.5. The monoisotopic (exact) mass is 346 g/mol. The van der Waals surface area contributed by atoms with Gasteiger partial charge in [0.1, 0.15) is 0 Å². The van der Waals surface area contributed by atoms with E-state index >= 15 is 0 Å². The zero-order chi connectivity index (χ0) is 17.1. The van der Waals surface area contributed by atoms with Crippen LogP contribution in [0.15, 0.2) is 30.5 Å². The van der Waals surface area contributed by atoms with Gasteiger partial charge in [0.2, 0.25) is 0 Å². The number of rotatable bonds is 4. The number of aromatic nitrogens is 2. The normalized spacial score (nSPS) is 15.7. The zero-order valence-corrected chi connectivity index (χ0v) is 15.0. The van der Waals surface area contributed by atoms with Crippen molar-refractivity contribution < 1.29 is 4.79 Å². The summed E-state index contributed by atoms with van der Waals surface area (Å²) in [5.74, 6) is 0.0876. The summed E-state index contributed by atoms with van der Waals surface area (Å²) in [5, 5.41) is 5.08. The summed E-state index contributed by atoms with van der Waals surface area (Å²) in [5.41, 5.74) is 2.80. The first-order valence-electron chi connectivity index (χ1n) is 8.37. The molecule has 1 aromatic carbocycles. The van der Waals surface area contributed by atoms with Gasteiger partial charge in [-0.2, -0.15) is 5.10 Å². The molecule has 1 aromatic heterocycles. The summed E-state index contributed by atoms with van der Waals surface area (Å²) >= 11 is 6.24. The van der Waals surface area contributed by atoms with Gasteiger partial charge in [0.15, 0.2) is 0 Å². The molecule has 0 atom stereocenters. The van der Waals surface area contributed by atoms with Crippen LogP contribution < -0.4 is 0 Å². The largest absolute Gasteiger partial charge is 0.336 e. The fraction of sp³-hybridized carbons (Fsp3) is 0.444. The third-order valence-corrected chi connectivity index (χ3v) is 5.01. The second kappa shape index (κ2) is 7.36. The van der Waals surface area contributed by atoms with E-state index in [1.807, 2.05) is 41.6 Å². The molecule has 0 unspecified atom stereocenters. The number of piperazine rings is 1. The van der Waals surface area contributed by atoms with Crippen molar-refractivity contribution >= 4 is 17.5 Å². The van der Waals surface area contributed by atoms with Gasteiger partial charge in [0.05, 0.1) is 11.8 Å². The number of aryl methyl sites for hydroxylation is 1. The lowest BCUT2D eigenvalue weighted by Crippen LogP contribution is -2.48. The first-order chi connectivity index (χ1) is 11.6. The Morgan fingerprint density at radius 3 is 2.54 bits per heavy atom. The van der Waals surface area contributed by atoms with Crippen molar-refractivity contribution in [2.45, 2.75) is 26.9 Å². The average Bonchev–Trinajstić information content (AvgIpc) is 2.97. The van der Waals surface area contributed by atoms with E-state index in [9.17, 15) is 4.79 Å². The zero-order valence-electron chi connectivity index (χ0n) is 14.2. The van der Waals surface area contributed by atoms with Gasteiger partial charge in [-0.05, 0) is 25.5 Å². The summed E-state index contributed by atoms with van der Waals surface area (Å²) in [6.07, 6.45) is 1.69. The third kappa shape index (κ3) is 3.47. The lowest BCUT2D eigenvalue weighted by atomic mass is 10.1. The number of benzene rings is 1. The first kappa shape index (κ1) is 17.0. The molecule has 0 N–H and O–H groups in total. The van der Waals surface area contributed by atoms with Crippen LogP contribution in [0, 0.1) is 6.92 Å². The molecule has 1 aliphatic rings. The second-order valence-electron chi connectivity index (χ2n) is 6.12. The van der Waals surface area contributed by atoms with Crippen molar-refractivity contribution in [3.63, 3.8) is 0 Å². The van der Waals surface area contributed by atoms with E-state index in [0.29, 0.717) is 0 Å². The Bertz CT molecular complexity index is 720. The summed E-state index contributed by atoms with van der Waals surface area (Å²) in [6.45, 7) is 8.79. The summed E-state index contributed by atoms with van der Waals surface area (Å²) in [6, 6.07) is 7.93. The molecule has 0 spiro atoms. The van der Waals surface area contributed by atoms with Crippen LogP contribution in [-0.4, -0.2) is 51.7 Å². The minimum Gasteiger partial charge on any atom is -0.336 e. The van der Waals surface area contributed by atoms with Gasteiger partial charge in [-0.1, -0.05) is 29.8 Å². The molecule has 0 bridgehead atoms. The van der Waals surface area contributed by atoms with Gasteiger partial charge >= 0.3 is 0 Å². The van der Waals surface area contributed by atoms with Crippen molar-refractivity contribution in [1.29, 1.82) is 0 Å². The van der Waals surface area contributed by atoms with Crippen molar-refractivity contribution in [3.05, 3.63) is 52.3 Å². The van der Waals surface area contributed by atoms with E-state index in [0.717, 1.165) is 61.1 Å². The van der Waals surface area contributed by atoms with Crippen LogP contribution in [0.25, 0.3) is 0 Å². The Kier molecular flexibility index (Phi) is 5.21. The van der Waals surface area contributed by atoms with E-state index in [4.69, 9.17) is 11.6 Å². The molecule has 6 heteroatoms. The van der Waals surface area contributed by atoms with Crippen LogP contribution in [0.4, 0.5) is 0 Å². The number of carbonyl (C=O) groups excluding carboxylic acids is 1. The van der Waals surface area contributed by atoms with Crippen molar-refractivity contribution in [1.82, 2.24) is 19.6 Å². The van der Waals surface area contributed by atoms with E-state index in [2.05, 4.69) is 16.1 Å². The molecule has 0 saturated carbocycles. The van der Waals surface area contributed by atoms with E-state index in [1.54, 1.807) is 6.20 Å². The fourth-order valence-electron chi connectivity index (χ4n) is 3.12. The number of halogens is 1. The first-order valence-corrected chi connectivity index (χ1v) is 8.75. The molecule has 1 aliphatic heterocycles. The maximum Gasteiger partial charge on any atom is 0.257 e. The minimum absolute atomic E-state index is 0.0876. The molecule has 1 amide bonds. The van der Waals surface area contributed by atoms with Gasteiger partial charge in [0, 0.05) is 50.0 Å². The predicted octanol–water partition coefficient (Wildman–Crippen LogP) is 2.82. The third-order valence-electron chi connectivity index (χ3n) is 4.64. The second-order valence-corrected chi connectivity index (χ2v) is 6.53. The van der Waals surface area contributed by atoms with E-state index < -0.39 is 0 Å². The van der Waals surface area contributed by atoms with Crippen molar-refractivity contribution in [2.24, 2.45) is 0 Å². The number of hydrogen-bond donors (Lipinski definition) is 0. The van der Waals surface area contributed by atoms with Crippen LogP contribution in [0.2, 0.25) is 5.02 Å². The van der Waals surface area contributed by atoms with Crippen molar-refractivity contribution in [2.75, 3.05) is 26.2 Å². The molecule has 0 radical (unpaired) electrons. The van der Waals surface area contributed by atoms with Crippen LogP contribution in [0.3, 0.4) is 0 Å². The summed E-state index contributed by atoms with van der Waals surface area (Å²) in [7, 11) is 0. The molecule has 0 aliphatic carbocycles. The maximum atomic E-state index is 12.7. The highest BCUT2D eigenvalue weighted by molar-refractivity contribution is 6.31. The molecular weight excluding hydrogens is 324 g/mol. The smallest absolute Gasteiger partial charge is 0.257 e. The molecular formula is C18H23ClN4O. The number of nitrogens with zero attached hydrogens (tertiary/aromatic N) is 4. The van der Waals surface area contributed by atoms with Gasteiger partial charge in [0.25, 0.3) is 5.91 Å². The van der Waals surface area contributed by atoms with Gasteiger partial charge in [-0.3, -0.25) is 14.4 Å². The lowest BCUT2D eigenvalue weighted by Gasteiger charge is -2.34. The lowest BCUT2D eigenvalue weighted by molar-refractivity contribution is 0.0627. The molecule has 1 fully saturated rings.